The van der Waals surface area contributed by atoms with E-state index in [1.165, 1.54) is 0 Å². The molecule has 1 atom stereocenters. The molecule has 0 saturated carbocycles. The number of hydrogen-bond acceptors (Lipinski definition) is 4. The van der Waals surface area contributed by atoms with Crippen LogP contribution in [0.5, 0.6) is 0 Å². The van der Waals surface area contributed by atoms with Crippen molar-refractivity contribution in [2.24, 2.45) is 0 Å². The van der Waals surface area contributed by atoms with Crippen molar-refractivity contribution >= 4 is 28.5 Å². The molecule has 0 aliphatic rings. The van der Waals surface area contributed by atoms with Gasteiger partial charge in [-0.1, -0.05) is 54.1 Å². The molecule has 2 aromatic heterocycles. The van der Waals surface area contributed by atoms with Gasteiger partial charge in [0, 0.05) is 23.7 Å². The van der Waals surface area contributed by atoms with Crippen LogP contribution in [-0.2, 0) is 6.54 Å². The SMILES string of the molecule is CCn1ncc2c(C(=O)NCC(O)c3ccc(Cl)cc3)cc(-c3ccccc3)nc21. The number of nitrogens with zero attached hydrogens (tertiary/aromatic N) is 3. The van der Waals surface area contributed by atoms with E-state index in [-0.39, 0.29) is 12.5 Å². The molecule has 4 rings (SSSR count). The van der Waals surface area contributed by atoms with Crippen molar-refractivity contribution in [2.45, 2.75) is 19.6 Å². The van der Waals surface area contributed by atoms with Crippen LogP contribution >= 0.6 is 11.6 Å². The zero-order chi connectivity index (χ0) is 21.1. The standard InChI is InChI=1S/C23H21ClN4O2/c1-2-28-22-19(13-26-28)18(12-20(27-22)15-6-4-3-5-7-15)23(30)25-14-21(29)16-8-10-17(24)11-9-16/h3-13,21,29H,2,14H2,1H3,(H,25,30). The summed E-state index contributed by atoms with van der Waals surface area (Å²) in [6.45, 7) is 2.70. The minimum absolute atomic E-state index is 0.0763. The number of rotatable bonds is 6. The molecular weight excluding hydrogens is 400 g/mol. The number of halogens is 1. The number of hydrogen-bond donors (Lipinski definition) is 2. The summed E-state index contributed by atoms with van der Waals surface area (Å²) in [4.78, 5) is 17.8. The van der Waals surface area contributed by atoms with Crippen molar-refractivity contribution in [1.82, 2.24) is 20.1 Å². The van der Waals surface area contributed by atoms with Gasteiger partial charge in [0.1, 0.15) is 0 Å². The van der Waals surface area contributed by atoms with Crippen LogP contribution < -0.4 is 5.32 Å². The first-order valence-corrected chi connectivity index (χ1v) is 10.1. The lowest BCUT2D eigenvalue weighted by molar-refractivity contribution is 0.0918. The molecule has 6 nitrogen and oxygen atoms in total. The van der Waals surface area contributed by atoms with E-state index >= 15 is 0 Å². The van der Waals surface area contributed by atoms with E-state index in [2.05, 4.69) is 10.4 Å². The molecule has 2 aromatic carbocycles. The van der Waals surface area contributed by atoms with Crippen LogP contribution in [0.25, 0.3) is 22.3 Å². The molecule has 1 unspecified atom stereocenters. The maximum absolute atomic E-state index is 13.0. The molecule has 0 aliphatic carbocycles. The number of pyridine rings is 1. The van der Waals surface area contributed by atoms with Crippen molar-refractivity contribution in [3.8, 4) is 11.3 Å². The predicted molar refractivity (Wildman–Crippen MR) is 117 cm³/mol. The molecule has 0 radical (unpaired) electrons. The normalized spacial score (nSPS) is 12.1. The number of amides is 1. The molecule has 0 spiro atoms. The van der Waals surface area contributed by atoms with Gasteiger partial charge in [-0.2, -0.15) is 5.10 Å². The summed E-state index contributed by atoms with van der Waals surface area (Å²) in [5.74, 6) is -0.289. The minimum Gasteiger partial charge on any atom is -0.387 e. The molecule has 1 amide bonds. The Morgan fingerprint density at radius 1 is 1.17 bits per heavy atom. The molecule has 0 aliphatic heterocycles. The molecule has 7 heteroatoms. The van der Waals surface area contributed by atoms with Crippen LogP contribution in [-0.4, -0.2) is 32.3 Å². The number of aromatic nitrogens is 3. The topological polar surface area (TPSA) is 80.0 Å². The summed E-state index contributed by atoms with van der Waals surface area (Å²) in [7, 11) is 0. The summed E-state index contributed by atoms with van der Waals surface area (Å²) in [5.41, 5.74) is 3.42. The largest absolute Gasteiger partial charge is 0.387 e. The molecule has 4 aromatic rings. The van der Waals surface area contributed by atoms with E-state index in [9.17, 15) is 9.90 Å². The van der Waals surface area contributed by atoms with E-state index in [0.29, 0.717) is 39.4 Å². The Balaban J connectivity index is 1.64. The maximum Gasteiger partial charge on any atom is 0.252 e. The number of fused-ring (bicyclic) bond motifs is 1. The van der Waals surface area contributed by atoms with Gasteiger partial charge in [0.2, 0.25) is 0 Å². The van der Waals surface area contributed by atoms with Gasteiger partial charge in [-0.3, -0.25) is 4.79 Å². The fraction of sp³-hybridized carbons (Fsp3) is 0.174. The van der Waals surface area contributed by atoms with Gasteiger partial charge in [0.25, 0.3) is 5.91 Å². The number of aryl methyl sites for hydroxylation is 1. The molecular formula is C23H21ClN4O2. The lowest BCUT2D eigenvalue weighted by Crippen LogP contribution is -2.28. The third-order valence-electron chi connectivity index (χ3n) is 4.93. The van der Waals surface area contributed by atoms with Crippen LogP contribution in [0, 0.1) is 0 Å². The first-order chi connectivity index (χ1) is 14.6. The van der Waals surface area contributed by atoms with Gasteiger partial charge in [0.15, 0.2) is 5.65 Å². The highest BCUT2D eigenvalue weighted by atomic mass is 35.5. The van der Waals surface area contributed by atoms with E-state index in [1.807, 2.05) is 37.3 Å². The number of nitrogens with one attached hydrogen (secondary N) is 1. The highest BCUT2D eigenvalue weighted by molar-refractivity contribution is 6.30. The lowest BCUT2D eigenvalue weighted by Gasteiger charge is -2.13. The highest BCUT2D eigenvalue weighted by Gasteiger charge is 2.18. The van der Waals surface area contributed by atoms with Crippen LogP contribution in [0.4, 0.5) is 0 Å². The van der Waals surface area contributed by atoms with Gasteiger partial charge in [-0.05, 0) is 30.7 Å². The second kappa shape index (κ2) is 8.65. The zero-order valence-corrected chi connectivity index (χ0v) is 17.2. The Bertz CT molecular complexity index is 1170. The van der Waals surface area contributed by atoms with E-state index in [1.54, 1.807) is 41.2 Å². The second-order valence-corrected chi connectivity index (χ2v) is 7.33. The Kier molecular flexibility index (Phi) is 5.79. The van der Waals surface area contributed by atoms with Gasteiger partial charge < -0.3 is 10.4 Å². The molecule has 2 N–H and O–H groups in total. The molecule has 152 valence electrons. The van der Waals surface area contributed by atoms with Gasteiger partial charge in [0.05, 0.1) is 28.9 Å². The van der Waals surface area contributed by atoms with Crippen LogP contribution in [0.15, 0.2) is 66.9 Å². The number of carbonyl (C=O) groups excluding carboxylic acids is 1. The maximum atomic E-state index is 13.0. The molecule has 0 bridgehead atoms. The average Bonchev–Trinajstić information content (AvgIpc) is 3.20. The summed E-state index contributed by atoms with van der Waals surface area (Å²) >= 11 is 5.89. The number of carbonyl (C=O) groups is 1. The summed E-state index contributed by atoms with van der Waals surface area (Å²) in [5, 5.41) is 18.9. The van der Waals surface area contributed by atoms with Crippen LogP contribution in [0.3, 0.4) is 0 Å². The van der Waals surface area contributed by atoms with Crippen molar-refractivity contribution in [3.63, 3.8) is 0 Å². The highest BCUT2D eigenvalue weighted by Crippen LogP contribution is 2.25. The number of benzene rings is 2. The first kappa shape index (κ1) is 20.1. The third kappa shape index (κ3) is 4.06. The molecule has 30 heavy (non-hydrogen) atoms. The van der Waals surface area contributed by atoms with Crippen molar-refractivity contribution in [1.29, 1.82) is 0 Å². The fourth-order valence-electron chi connectivity index (χ4n) is 3.31. The predicted octanol–water partition coefficient (Wildman–Crippen LogP) is 4.24. The number of aliphatic hydroxyl groups excluding tert-OH is 1. The van der Waals surface area contributed by atoms with Gasteiger partial charge >= 0.3 is 0 Å². The molecule has 0 saturated heterocycles. The minimum atomic E-state index is -0.837. The summed E-state index contributed by atoms with van der Waals surface area (Å²) < 4.78 is 1.76. The third-order valence-corrected chi connectivity index (χ3v) is 5.19. The zero-order valence-electron chi connectivity index (χ0n) is 16.4. The van der Waals surface area contributed by atoms with Gasteiger partial charge in [-0.25, -0.2) is 9.67 Å². The summed E-state index contributed by atoms with van der Waals surface area (Å²) in [6, 6.07) is 18.4. The van der Waals surface area contributed by atoms with Crippen LogP contribution in [0.1, 0.15) is 28.9 Å². The smallest absolute Gasteiger partial charge is 0.252 e. The van der Waals surface area contributed by atoms with Crippen molar-refractivity contribution < 1.29 is 9.90 Å². The molecule has 0 fully saturated rings. The van der Waals surface area contributed by atoms with Crippen LogP contribution in [0.2, 0.25) is 5.02 Å². The van der Waals surface area contributed by atoms with E-state index in [0.717, 1.165) is 5.56 Å². The molecule has 2 heterocycles. The Morgan fingerprint density at radius 3 is 2.60 bits per heavy atom. The van der Waals surface area contributed by atoms with Crippen molar-refractivity contribution in [2.75, 3.05) is 6.54 Å². The Labute approximate surface area is 179 Å². The van der Waals surface area contributed by atoms with Crippen molar-refractivity contribution in [3.05, 3.63) is 83.0 Å². The van der Waals surface area contributed by atoms with E-state index in [4.69, 9.17) is 16.6 Å². The monoisotopic (exact) mass is 420 g/mol. The quantitative estimate of drug-likeness (QED) is 0.489. The number of aliphatic hydroxyl groups is 1. The fourth-order valence-corrected chi connectivity index (χ4v) is 3.44. The first-order valence-electron chi connectivity index (χ1n) is 9.70. The Hall–Kier alpha value is -3.22. The second-order valence-electron chi connectivity index (χ2n) is 6.90. The Morgan fingerprint density at radius 2 is 1.90 bits per heavy atom. The van der Waals surface area contributed by atoms with E-state index < -0.39 is 6.10 Å². The summed E-state index contributed by atoms with van der Waals surface area (Å²) in [6.07, 6.45) is 0.820. The lowest BCUT2D eigenvalue weighted by atomic mass is 10.1. The van der Waals surface area contributed by atoms with Gasteiger partial charge in [-0.15, -0.1) is 0 Å². The average molecular weight is 421 g/mol.